The molecule has 1 aliphatic rings. The lowest BCUT2D eigenvalue weighted by Gasteiger charge is -2.24. The molecule has 0 N–H and O–H groups in total. The summed E-state index contributed by atoms with van der Waals surface area (Å²) in [5.74, 6) is 0.638. The van der Waals surface area contributed by atoms with E-state index in [9.17, 15) is 9.59 Å². The molecule has 0 aromatic heterocycles. The Morgan fingerprint density at radius 3 is 2.48 bits per heavy atom. The highest BCUT2D eigenvalue weighted by Crippen LogP contribution is 2.21. The molecule has 0 aliphatic carbocycles. The van der Waals surface area contributed by atoms with E-state index >= 15 is 0 Å². The van der Waals surface area contributed by atoms with Crippen molar-refractivity contribution < 1.29 is 23.8 Å². The second kappa shape index (κ2) is 8.23. The van der Waals surface area contributed by atoms with Gasteiger partial charge in [-0.2, -0.15) is 0 Å². The largest absolute Gasteiger partial charge is 0.493 e. The average Bonchev–Trinajstić information content (AvgIpc) is 3.01. The summed E-state index contributed by atoms with van der Waals surface area (Å²) in [6.07, 6.45) is 0.619. The predicted octanol–water partition coefficient (Wildman–Crippen LogP) is 3.50. The fraction of sp³-hybridized carbons (Fsp3) is 0.579. The van der Waals surface area contributed by atoms with E-state index < -0.39 is 5.60 Å². The van der Waals surface area contributed by atoms with E-state index in [-0.39, 0.29) is 18.0 Å². The van der Waals surface area contributed by atoms with Crippen molar-refractivity contribution in [2.24, 2.45) is 5.92 Å². The van der Waals surface area contributed by atoms with Crippen molar-refractivity contribution in [3.8, 4) is 5.75 Å². The van der Waals surface area contributed by atoms with Crippen molar-refractivity contribution in [2.45, 2.75) is 39.7 Å². The van der Waals surface area contributed by atoms with Crippen LogP contribution in [0.5, 0.6) is 5.75 Å². The highest BCUT2D eigenvalue weighted by molar-refractivity contribution is 5.89. The number of hydrogen-bond acceptors (Lipinski definition) is 5. The van der Waals surface area contributed by atoms with Gasteiger partial charge in [-0.15, -0.1) is 0 Å². The Morgan fingerprint density at radius 1 is 1.20 bits per heavy atom. The Balaban J connectivity index is 1.79. The number of carbonyl (C=O) groups is 2. The lowest BCUT2D eigenvalue weighted by atomic mass is 10.1. The zero-order valence-electron chi connectivity index (χ0n) is 15.4. The summed E-state index contributed by atoms with van der Waals surface area (Å²) in [5.41, 5.74) is 0.0259. The second-order valence-corrected chi connectivity index (χ2v) is 7.14. The maximum Gasteiger partial charge on any atom is 0.410 e. The molecule has 1 amide bonds. The number of likely N-dealkylation sites (tertiary alicyclic amines) is 1. The third kappa shape index (κ3) is 5.96. The number of esters is 1. The molecule has 6 heteroatoms. The van der Waals surface area contributed by atoms with Gasteiger partial charge in [-0.05, 0) is 58.4 Å². The van der Waals surface area contributed by atoms with E-state index in [0.29, 0.717) is 37.6 Å². The van der Waals surface area contributed by atoms with Crippen LogP contribution >= 0.6 is 0 Å². The first kappa shape index (κ1) is 19.1. The van der Waals surface area contributed by atoms with Crippen molar-refractivity contribution in [3.63, 3.8) is 0 Å². The van der Waals surface area contributed by atoms with E-state index in [2.05, 4.69) is 0 Å². The minimum atomic E-state index is -0.480. The second-order valence-electron chi connectivity index (χ2n) is 7.14. The van der Waals surface area contributed by atoms with Crippen LogP contribution in [-0.4, -0.2) is 48.9 Å². The Kier molecular flexibility index (Phi) is 6.28. The average molecular weight is 349 g/mol. The molecule has 1 aliphatic heterocycles. The SMILES string of the molecule is CCOC(=O)c1ccc(OC[C@@H]2CCN(C(=O)OC(C)(C)C)C2)cc1. The minimum absolute atomic E-state index is 0.270. The first-order valence-corrected chi connectivity index (χ1v) is 8.66. The first-order chi connectivity index (χ1) is 11.8. The molecular weight excluding hydrogens is 322 g/mol. The number of ether oxygens (including phenoxy) is 3. The van der Waals surface area contributed by atoms with Crippen molar-refractivity contribution in [2.75, 3.05) is 26.3 Å². The Morgan fingerprint density at radius 2 is 1.88 bits per heavy atom. The molecular formula is C19H27NO5. The van der Waals surface area contributed by atoms with E-state index in [0.717, 1.165) is 6.42 Å². The van der Waals surface area contributed by atoms with Crippen LogP contribution in [0.2, 0.25) is 0 Å². The smallest absolute Gasteiger partial charge is 0.410 e. The highest BCUT2D eigenvalue weighted by Gasteiger charge is 2.30. The van der Waals surface area contributed by atoms with Crippen LogP contribution in [0.4, 0.5) is 4.79 Å². The quantitative estimate of drug-likeness (QED) is 0.761. The molecule has 0 unspecified atom stereocenters. The number of nitrogens with zero attached hydrogens (tertiary/aromatic N) is 1. The van der Waals surface area contributed by atoms with E-state index in [1.807, 2.05) is 20.8 Å². The summed E-state index contributed by atoms with van der Waals surface area (Å²) < 4.78 is 16.1. The molecule has 138 valence electrons. The summed E-state index contributed by atoms with van der Waals surface area (Å²) >= 11 is 0. The van der Waals surface area contributed by atoms with Gasteiger partial charge in [0, 0.05) is 19.0 Å². The van der Waals surface area contributed by atoms with Crippen LogP contribution in [-0.2, 0) is 9.47 Å². The molecule has 6 nitrogen and oxygen atoms in total. The first-order valence-electron chi connectivity index (χ1n) is 8.66. The Bertz CT molecular complexity index is 591. The molecule has 1 heterocycles. The summed E-state index contributed by atoms with van der Waals surface area (Å²) in [5, 5.41) is 0. The molecule has 1 aromatic rings. The van der Waals surface area contributed by atoms with Crippen LogP contribution in [0.25, 0.3) is 0 Å². The topological polar surface area (TPSA) is 65.1 Å². The van der Waals surface area contributed by atoms with Crippen LogP contribution in [0.1, 0.15) is 44.5 Å². The van der Waals surface area contributed by atoms with Crippen molar-refractivity contribution in [3.05, 3.63) is 29.8 Å². The zero-order valence-corrected chi connectivity index (χ0v) is 15.4. The maximum atomic E-state index is 12.1. The molecule has 1 fully saturated rings. The van der Waals surface area contributed by atoms with Gasteiger partial charge in [0.05, 0.1) is 18.8 Å². The van der Waals surface area contributed by atoms with Crippen molar-refractivity contribution in [1.82, 2.24) is 4.90 Å². The van der Waals surface area contributed by atoms with E-state index in [4.69, 9.17) is 14.2 Å². The lowest BCUT2D eigenvalue weighted by molar-refractivity contribution is 0.0284. The molecule has 25 heavy (non-hydrogen) atoms. The fourth-order valence-corrected chi connectivity index (χ4v) is 2.58. The Hall–Kier alpha value is -2.24. The molecule has 0 spiro atoms. The molecule has 1 atom stereocenters. The number of carbonyl (C=O) groups excluding carboxylic acids is 2. The summed E-state index contributed by atoms with van der Waals surface area (Å²) in [7, 11) is 0. The molecule has 1 saturated heterocycles. The lowest BCUT2D eigenvalue weighted by Crippen LogP contribution is -2.35. The third-order valence-electron chi connectivity index (χ3n) is 3.79. The fourth-order valence-electron chi connectivity index (χ4n) is 2.58. The third-order valence-corrected chi connectivity index (χ3v) is 3.79. The van der Waals surface area contributed by atoms with E-state index in [1.54, 1.807) is 36.1 Å². The Labute approximate surface area is 149 Å². The number of benzene rings is 1. The van der Waals surface area contributed by atoms with Gasteiger partial charge >= 0.3 is 12.1 Å². The van der Waals surface area contributed by atoms with Gasteiger partial charge in [0.2, 0.25) is 0 Å². The van der Waals surface area contributed by atoms with E-state index in [1.165, 1.54) is 0 Å². The molecule has 0 saturated carbocycles. The van der Waals surface area contributed by atoms with Gasteiger partial charge in [-0.3, -0.25) is 0 Å². The van der Waals surface area contributed by atoms with Crippen LogP contribution < -0.4 is 4.74 Å². The standard InChI is InChI=1S/C19H27NO5/c1-5-23-17(21)15-6-8-16(9-7-15)24-13-14-10-11-20(12-14)18(22)25-19(2,3)4/h6-9,14H,5,10-13H2,1-4H3/t14-/m1/s1. The van der Waals surface area contributed by atoms with Crippen molar-refractivity contribution >= 4 is 12.1 Å². The summed E-state index contributed by atoms with van der Waals surface area (Å²) in [6, 6.07) is 6.89. The van der Waals surface area contributed by atoms with Crippen LogP contribution in [0.15, 0.2) is 24.3 Å². The number of hydrogen-bond donors (Lipinski definition) is 0. The molecule has 1 aromatic carbocycles. The van der Waals surface area contributed by atoms with Crippen LogP contribution in [0, 0.1) is 5.92 Å². The van der Waals surface area contributed by atoms with Gasteiger partial charge < -0.3 is 19.1 Å². The van der Waals surface area contributed by atoms with Gasteiger partial charge in [0.1, 0.15) is 11.4 Å². The monoisotopic (exact) mass is 349 g/mol. The van der Waals surface area contributed by atoms with Gasteiger partial charge in [0.25, 0.3) is 0 Å². The van der Waals surface area contributed by atoms with Gasteiger partial charge in [-0.1, -0.05) is 0 Å². The summed E-state index contributed by atoms with van der Waals surface area (Å²) in [6.45, 7) is 9.56. The molecule has 2 rings (SSSR count). The molecule has 0 radical (unpaired) electrons. The predicted molar refractivity (Wildman–Crippen MR) is 93.8 cm³/mol. The van der Waals surface area contributed by atoms with Crippen LogP contribution in [0.3, 0.4) is 0 Å². The molecule has 0 bridgehead atoms. The normalized spacial score (nSPS) is 17.3. The number of rotatable bonds is 5. The highest BCUT2D eigenvalue weighted by atomic mass is 16.6. The van der Waals surface area contributed by atoms with Gasteiger partial charge in [-0.25, -0.2) is 9.59 Å². The zero-order chi connectivity index (χ0) is 18.4. The van der Waals surface area contributed by atoms with Crippen molar-refractivity contribution in [1.29, 1.82) is 0 Å². The minimum Gasteiger partial charge on any atom is -0.493 e. The maximum absolute atomic E-state index is 12.1. The number of amides is 1. The summed E-state index contributed by atoms with van der Waals surface area (Å²) in [4.78, 5) is 25.4. The van der Waals surface area contributed by atoms with Gasteiger partial charge in [0.15, 0.2) is 0 Å².